The van der Waals surface area contributed by atoms with Crippen LogP contribution in [-0.4, -0.2) is 35.4 Å². The highest BCUT2D eigenvalue weighted by Crippen LogP contribution is 2.23. The summed E-state index contributed by atoms with van der Waals surface area (Å²) in [5.41, 5.74) is 3.12. The summed E-state index contributed by atoms with van der Waals surface area (Å²) in [6.07, 6.45) is 4.81. The molecular formula is C22H24N4O2. The lowest BCUT2D eigenvalue weighted by Crippen LogP contribution is -2.33. The van der Waals surface area contributed by atoms with Crippen molar-refractivity contribution in [3.05, 3.63) is 66.0 Å². The van der Waals surface area contributed by atoms with Crippen LogP contribution in [-0.2, 0) is 11.3 Å². The van der Waals surface area contributed by atoms with E-state index in [1.165, 1.54) is 0 Å². The Morgan fingerprint density at radius 1 is 1.25 bits per heavy atom. The average Bonchev–Trinajstić information content (AvgIpc) is 3.05. The number of carbonyl (C=O) groups excluding carboxylic acids is 1. The van der Waals surface area contributed by atoms with E-state index in [0.29, 0.717) is 23.5 Å². The Bertz CT molecular complexity index is 1000. The molecule has 0 atom stereocenters. The van der Waals surface area contributed by atoms with Gasteiger partial charge in [0.05, 0.1) is 30.4 Å². The van der Waals surface area contributed by atoms with Gasteiger partial charge in [0, 0.05) is 24.5 Å². The smallest absolute Gasteiger partial charge is 0.238 e. The van der Waals surface area contributed by atoms with Gasteiger partial charge in [0.25, 0.3) is 0 Å². The van der Waals surface area contributed by atoms with Crippen molar-refractivity contribution in [2.75, 3.05) is 25.5 Å². The Morgan fingerprint density at radius 3 is 2.79 bits per heavy atom. The number of pyridine rings is 1. The lowest BCUT2D eigenvalue weighted by Gasteiger charge is -2.21. The van der Waals surface area contributed by atoms with Gasteiger partial charge in [-0.25, -0.2) is 0 Å². The van der Waals surface area contributed by atoms with Crippen molar-refractivity contribution in [1.29, 1.82) is 5.26 Å². The maximum absolute atomic E-state index is 12.6. The van der Waals surface area contributed by atoms with Crippen molar-refractivity contribution < 1.29 is 9.53 Å². The molecule has 0 fully saturated rings. The van der Waals surface area contributed by atoms with Crippen LogP contribution in [0.15, 0.2) is 54.9 Å². The van der Waals surface area contributed by atoms with E-state index >= 15 is 0 Å². The van der Waals surface area contributed by atoms with Gasteiger partial charge in [0.2, 0.25) is 5.91 Å². The van der Waals surface area contributed by atoms with E-state index in [1.807, 2.05) is 59.3 Å². The number of carbonyl (C=O) groups is 1. The first-order valence-electron chi connectivity index (χ1n) is 9.30. The third-order valence-corrected chi connectivity index (χ3v) is 4.56. The molecule has 0 aliphatic carbocycles. The Labute approximate surface area is 165 Å². The van der Waals surface area contributed by atoms with Gasteiger partial charge in [-0.15, -0.1) is 0 Å². The number of fused-ring (bicyclic) bond motifs is 1. The van der Waals surface area contributed by atoms with Crippen molar-refractivity contribution in [3.63, 3.8) is 0 Å². The molecule has 2 heterocycles. The van der Waals surface area contributed by atoms with Crippen molar-refractivity contribution >= 4 is 17.1 Å². The molecule has 144 valence electrons. The molecule has 0 unspecified atom stereocenters. The van der Waals surface area contributed by atoms with Gasteiger partial charge in [-0.3, -0.25) is 9.69 Å². The summed E-state index contributed by atoms with van der Waals surface area (Å²) in [6, 6.07) is 15.4. The number of amides is 1. The summed E-state index contributed by atoms with van der Waals surface area (Å²) in [5, 5.41) is 12.5. The summed E-state index contributed by atoms with van der Waals surface area (Å²) < 4.78 is 7.24. The van der Waals surface area contributed by atoms with Gasteiger partial charge in [0.1, 0.15) is 11.8 Å². The molecular weight excluding hydrogens is 352 g/mol. The average molecular weight is 376 g/mol. The lowest BCUT2D eigenvalue weighted by molar-refractivity contribution is -0.117. The molecule has 0 radical (unpaired) electrons. The fourth-order valence-corrected chi connectivity index (χ4v) is 3.34. The molecule has 3 aromatic rings. The highest BCUT2D eigenvalue weighted by Gasteiger charge is 2.16. The van der Waals surface area contributed by atoms with Gasteiger partial charge >= 0.3 is 0 Å². The lowest BCUT2D eigenvalue weighted by atomic mass is 10.1. The molecule has 0 spiro atoms. The van der Waals surface area contributed by atoms with Gasteiger partial charge in [0.15, 0.2) is 0 Å². The Hall–Kier alpha value is -3.30. The zero-order valence-corrected chi connectivity index (χ0v) is 16.2. The van der Waals surface area contributed by atoms with Crippen LogP contribution in [0.1, 0.15) is 24.5 Å². The number of anilines is 1. The van der Waals surface area contributed by atoms with Crippen LogP contribution in [0.3, 0.4) is 0 Å². The maximum Gasteiger partial charge on any atom is 0.238 e. The van der Waals surface area contributed by atoms with Crippen molar-refractivity contribution in [2.45, 2.75) is 19.9 Å². The molecule has 1 amide bonds. The molecule has 6 heteroatoms. The number of hydrogen-bond donors (Lipinski definition) is 1. The number of aromatic nitrogens is 1. The van der Waals surface area contributed by atoms with Crippen molar-refractivity contribution in [3.8, 4) is 11.8 Å². The minimum Gasteiger partial charge on any atom is -0.495 e. The molecule has 0 bridgehead atoms. The molecule has 2 aromatic heterocycles. The predicted octanol–water partition coefficient (Wildman–Crippen LogP) is 3.67. The fourth-order valence-electron chi connectivity index (χ4n) is 3.34. The number of nitriles is 1. The topological polar surface area (TPSA) is 69.8 Å². The van der Waals surface area contributed by atoms with Crippen molar-refractivity contribution in [2.24, 2.45) is 0 Å². The van der Waals surface area contributed by atoms with Gasteiger partial charge in [-0.2, -0.15) is 5.26 Å². The molecule has 28 heavy (non-hydrogen) atoms. The fraction of sp³-hybridized carbons (Fsp3) is 0.273. The van der Waals surface area contributed by atoms with Gasteiger partial charge in [-0.05, 0) is 37.2 Å². The second-order valence-corrected chi connectivity index (χ2v) is 6.59. The van der Waals surface area contributed by atoms with Gasteiger partial charge < -0.3 is 14.5 Å². The first kappa shape index (κ1) is 19.5. The highest BCUT2D eigenvalue weighted by molar-refractivity contribution is 5.93. The number of nitrogens with zero attached hydrogens (tertiary/aromatic N) is 3. The Morgan fingerprint density at radius 2 is 2.04 bits per heavy atom. The summed E-state index contributed by atoms with van der Waals surface area (Å²) in [5.74, 6) is 0.517. The Balaban J connectivity index is 1.75. The second-order valence-electron chi connectivity index (χ2n) is 6.59. The first-order valence-corrected chi connectivity index (χ1v) is 9.30. The van der Waals surface area contributed by atoms with Crippen LogP contribution in [0.2, 0.25) is 0 Å². The van der Waals surface area contributed by atoms with E-state index in [1.54, 1.807) is 7.11 Å². The monoisotopic (exact) mass is 376 g/mol. The molecule has 3 rings (SSSR count). The zero-order valence-electron chi connectivity index (χ0n) is 16.2. The summed E-state index contributed by atoms with van der Waals surface area (Å²) >= 11 is 0. The first-order chi connectivity index (χ1) is 13.7. The standard InChI is InChI=1S/C22H24N4O2/c1-3-11-25(16-22(27)24-19-8-4-5-10-21(19)28-2)14-17-15-26-12-7-6-9-20(26)18(17)13-23/h4-10,12,15H,3,11,14,16H2,1-2H3,(H,24,27). The van der Waals surface area contributed by atoms with Crippen LogP contribution in [0.5, 0.6) is 5.75 Å². The number of methoxy groups -OCH3 is 1. The number of benzene rings is 1. The summed E-state index contributed by atoms with van der Waals surface area (Å²) in [6.45, 7) is 3.61. The SMILES string of the molecule is CCCN(CC(=O)Nc1ccccc1OC)Cc1cn2ccccc2c1C#N. The quantitative estimate of drug-likeness (QED) is 0.651. The largest absolute Gasteiger partial charge is 0.495 e. The third-order valence-electron chi connectivity index (χ3n) is 4.56. The molecule has 6 nitrogen and oxygen atoms in total. The molecule has 1 aromatic carbocycles. The number of hydrogen-bond acceptors (Lipinski definition) is 4. The molecule has 0 aliphatic heterocycles. The minimum atomic E-state index is -0.111. The molecule has 1 N–H and O–H groups in total. The van der Waals surface area contributed by atoms with Crippen LogP contribution >= 0.6 is 0 Å². The Kier molecular flexibility index (Phi) is 6.30. The predicted molar refractivity (Wildman–Crippen MR) is 109 cm³/mol. The summed E-state index contributed by atoms with van der Waals surface area (Å²) in [4.78, 5) is 14.7. The van der Waals surface area contributed by atoms with Crippen molar-refractivity contribution in [1.82, 2.24) is 9.30 Å². The number of rotatable bonds is 8. The minimum absolute atomic E-state index is 0.111. The van der Waals surface area contributed by atoms with Gasteiger partial charge in [-0.1, -0.05) is 25.1 Å². The highest BCUT2D eigenvalue weighted by atomic mass is 16.5. The van der Waals surface area contributed by atoms with E-state index in [4.69, 9.17) is 4.74 Å². The zero-order chi connectivity index (χ0) is 19.9. The molecule has 0 saturated carbocycles. The number of para-hydroxylation sites is 2. The number of nitrogens with one attached hydrogen (secondary N) is 1. The van der Waals surface area contributed by atoms with Crippen LogP contribution in [0, 0.1) is 11.3 Å². The van der Waals surface area contributed by atoms with E-state index in [-0.39, 0.29) is 12.5 Å². The van der Waals surface area contributed by atoms with E-state index in [9.17, 15) is 10.1 Å². The van der Waals surface area contributed by atoms with Crippen LogP contribution in [0.4, 0.5) is 5.69 Å². The normalized spacial score (nSPS) is 10.8. The molecule has 0 aliphatic rings. The maximum atomic E-state index is 12.6. The second kappa shape index (κ2) is 9.07. The summed E-state index contributed by atoms with van der Waals surface area (Å²) in [7, 11) is 1.58. The van der Waals surface area contributed by atoms with E-state index < -0.39 is 0 Å². The van der Waals surface area contributed by atoms with Crippen LogP contribution < -0.4 is 10.1 Å². The third kappa shape index (κ3) is 4.33. The van der Waals surface area contributed by atoms with Crippen LogP contribution in [0.25, 0.3) is 5.52 Å². The number of ether oxygens (including phenoxy) is 1. The molecule has 0 saturated heterocycles. The van der Waals surface area contributed by atoms with E-state index in [2.05, 4.69) is 23.2 Å². The van der Waals surface area contributed by atoms with E-state index in [0.717, 1.165) is 24.0 Å².